The number of fused-ring (bicyclic) bond motifs is 1. The molecule has 1 atom stereocenters. The number of likely N-dealkylation sites (N-methyl/N-ethyl adjacent to an activating group) is 1. The molecule has 15 nitrogen and oxygen atoms in total. The fraction of sp³-hybridized carbons (Fsp3) is 0.537. The quantitative estimate of drug-likeness (QED) is 0.295. The van der Waals surface area contributed by atoms with Crippen molar-refractivity contribution in [3.63, 3.8) is 0 Å². The fourth-order valence-electron chi connectivity index (χ4n) is 9.27. The Morgan fingerprint density at radius 1 is 0.732 bits per heavy atom. The van der Waals surface area contributed by atoms with Crippen LogP contribution < -0.4 is 35.6 Å². The monoisotopic (exact) mass is 762 g/mol. The van der Waals surface area contributed by atoms with E-state index in [4.69, 9.17) is 9.97 Å². The predicted octanol–water partition coefficient (Wildman–Crippen LogP) is 3.64. The smallest absolute Gasteiger partial charge is 0.328 e. The van der Waals surface area contributed by atoms with Gasteiger partial charge < -0.3 is 35.1 Å². The Bertz CT molecular complexity index is 1910. The number of imide groups is 1. The first-order valence-corrected chi connectivity index (χ1v) is 20.5. The molecular formula is C41H54N12O3. The molecule has 15 heteroatoms. The van der Waals surface area contributed by atoms with Gasteiger partial charge in [0.05, 0.1) is 11.7 Å². The van der Waals surface area contributed by atoms with E-state index in [1.54, 1.807) is 4.90 Å². The van der Waals surface area contributed by atoms with Crippen molar-refractivity contribution in [2.75, 3.05) is 111 Å². The molecule has 6 aliphatic rings. The number of urea groups is 2. The molecule has 0 bridgehead atoms. The number of anilines is 6. The lowest BCUT2D eigenvalue weighted by molar-refractivity contribution is -0.120. The van der Waals surface area contributed by atoms with Gasteiger partial charge in [-0.25, -0.2) is 14.6 Å². The van der Waals surface area contributed by atoms with Gasteiger partial charge in [-0.2, -0.15) is 4.98 Å². The number of hydrogen-bond acceptors (Lipinski definition) is 11. The average Bonchev–Trinajstić information content (AvgIpc) is 3.85. The molecule has 9 rings (SSSR count). The van der Waals surface area contributed by atoms with E-state index >= 15 is 0 Å². The molecular weight excluding hydrogens is 709 g/mol. The van der Waals surface area contributed by atoms with Crippen molar-refractivity contribution in [2.45, 2.75) is 51.2 Å². The van der Waals surface area contributed by atoms with Crippen LogP contribution >= 0.6 is 0 Å². The van der Waals surface area contributed by atoms with Crippen molar-refractivity contribution in [3.05, 3.63) is 59.8 Å². The summed E-state index contributed by atoms with van der Waals surface area (Å²) in [7, 11) is 1.88. The Labute approximate surface area is 329 Å². The number of nitrogens with one attached hydrogen (secondary N) is 3. The van der Waals surface area contributed by atoms with Gasteiger partial charge in [-0.05, 0) is 80.1 Å². The Hall–Kier alpha value is -5.15. The van der Waals surface area contributed by atoms with Crippen molar-refractivity contribution in [1.82, 2.24) is 35.3 Å². The van der Waals surface area contributed by atoms with Crippen LogP contribution in [0.2, 0.25) is 0 Å². The van der Waals surface area contributed by atoms with Crippen LogP contribution in [0.1, 0.15) is 43.4 Å². The Kier molecular flexibility index (Phi) is 10.3. The summed E-state index contributed by atoms with van der Waals surface area (Å²) in [5, 5.41) is 9.49. The van der Waals surface area contributed by atoms with Gasteiger partial charge in [0, 0.05) is 133 Å². The van der Waals surface area contributed by atoms with Crippen molar-refractivity contribution >= 4 is 52.5 Å². The van der Waals surface area contributed by atoms with Crippen molar-refractivity contribution in [3.8, 4) is 0 Å². The zero-order valence-corrected chi connectivity index (χ0v) is 32.5. The normalized spacial score (nSPS) is 22.6. The number of carbonyl (C=O) groups excluding carboxylic acids is 3. The molecule has 0 spiro atoms. The van der Waals surface area contributed by atoms with Crippen LogP contribution in [0.25, 0.3) is 0 Å². The highest BCUT2D eigenvalue weighted by Crippen LogP contribution is 2.31. The summed E-state index contributed by atoms with van der Waals surface area (Å²) in [5.74, 6) is 2.10. The molecule has 1 aromatic heterocycles. The van der Waals surface area contributed by atoms with E-state index in [1.807, 2.05) is 29.0 Å². The second kappa shape index (κ2) is 15.8. The number of nitrogens with zero attached hydrogens (tertiary/aromatic N) is 9. The van der Waals surface area contributed by atoms with Crippen LogP contribution in [0.4, 0.5) is 44.1 Å². The first-order valence-electron chi connectivity index (χ1n) is 20.5. The molecule has 2 aromatic carbocycles. The summed E-state index contributed by atoms with van der Waals surface area (Å²) in [5.41, 5.74) is 6.46. The van der Waals surface area contributed by atoms with Crippen molar-refractivity contribution < 1.29 is 14.4 Å². The molecule has 296 valence electrons. The van der Waals surface area contributed by atoms with Crippen LogP contribution in [0.15, 0.2) is 48.5 Å². The third kappa shape index (κ3) is 7.66. The van der Waals surface area contributed by atoms with E-state index in [-0.39, 0.29) is 24.0 Å². The van der Waals surface area contributed by atoms with Gasteiger partial charge in [0.1, 0.15) is 5.82 Å². The zero-order chi connectivity index (χ0) is 38.2. The van der Waals surface area contributed by atoms with Gasteiger partial charge in [0.2, 0.25) is 11.9 Å². The van der Waals surface area contributed by atoms with Crippen LogP contribution in [0.3, 0.4) is 0 Å². The van der Waals surface area contributed by atoms with Gasteiger partial charge in [-0.3, -0.25) is 19.9 Å². The molecule has 0 aliphatic carbocycles. The van der Waals surface area contributed by atoms with E-state index in [1.165, 1.54) is 24.2 Å². The maximum atomic E-state index is 12.7. The van der Waals surface area contributed by atoms with E-state index in [2.05, 4.69) is 71.9 Å². The van der Waals surface area contributed by atoms with Crippen LogP contribution in [-0.4, -0.2) is 134 Å². The molecule has 0 unspecified atom stereocenters. The third-order valence-corrected chi connectivity index (χ3v) is 12.6. The summed E-state index contributed by atoms with van der Waals surface area (Å²) in [6.45, 7) is 12.5. The molecule has 5 amide bonds. The van der Waals surface area contributed by atoms with E-state index in [0.717, 1.165) is 132 Å². The topological polar surface area (TPSA) is 136 Å². The molecule has 5 saturated heterocycles. The van der Waals surface area contributed by atoms with Gasteiger partial charge >= 0.3 is 12.1 Å². The second-order valence-electron chi connectivity index (χ2n) is 16.2. The molecule has 56 heavy (non-hydrogen) atoms. The van der Waals surface area contributed by atoms with E-state index in [9.17, 15) is 14.4 Å². The summed E-state index contributed by atoms with van der Waals surface area (Å²) in [6, 6.07) is 16.9. The molecule has 6 aliphatic heterocycles. The van der Waals surface area contributed by atoms with Crippen LogP contribution in [0, 0.1) is 5.92 Å². The van der Waals surface area contributed by atoms with Crippen LogP contribution in [-0.2, 0) is 17.9 Å². The second-order valence-corrected chi connectivity index (χ2v) is 16.2. The van der Waals surface area contributed by atoms with E-state index in [0.29, 0.717) is 18.9 Å². The summed E-state index contributed by atoms with van der Waals surface area (Å²) in [4.78, 5) is 61.9. The molecule has 3 aromatic rings. The number of hydrogen-bond donors (Lipinski definition) is 3. The first kappa shape index (κ1) is 36.5. The van der Waals surface area contributed by atoms with Gasteiger partial charge in [-0.1, -0.05) is 0 Å². The van der Waals surface area contributed by atoms with Crippen molar-refractivity contribution in [2.24, 2.45) is 5.92 Å². The van der Waals surface area contributed by atoms with Gasteiger partial charge in [0.15, 0.2) is 0 Å². The summed E-state index contributed by atoms with van der Waals surface area (Å²) in [6.07, 6.45) is 4.72. The highest BCUT2D eigenvalue weighted by Gasteiger charge is 2.35. The number of amides is 5. The standard InChI is InChI=1S/C41H54N12O3/c1-47-19-24-53(41(47)56)34-3-2-15-51(28-34)39-44-36-26-42-25-35(36)38(46-39)43-30-4-6-31(7-5-30)50-22-20-48(21-23-50)27-29-12-16-49(17-13-29)32-8-10-33(11-9-32)52-18-14-37(54)45-40(52)55/h4-11,29,34,42H,2-3,12-28H2,1H3,(H,43,44,46)(H,45,54,55)/t34-/m1/s1. The molecule has 3 N–H and O–H groups in total. The molecule has 5 fully saturated rings. The number of rotatable bonds is 9. The lowest BCUT2D eigenvalue weighted by atomic mass is 9.95. The zero-order valence-electron chi connectivity index (χ0n) is 32.5. The number of piperazine rings is 1. The highest BCUT2D eigenvalue weighted by atomic mass is 16.2. The average molecular weight is 763 g/mol. The number of aromatic nitrogens is 2. The maximum absolute atomic E-state index is 12.7. The lowest BCUT2D eigenvalue weighted by Crippen LogP contribution is -2.49. The Morgan fingerprint density at radius 3 is 2.16 bits per heavy atom. The first-order chi connectivity index (χ1) is 27.3. The minimum absolute atomic E-state index is 0.130. The predicted molar refractivity (Wildman–Crippen MR) is 218 cm³/mol. The Balaban J connectivity index is 0.750. The minimum Gasteiger partial charge on any atom is -0.372 e. The van der Waals surface area contributed by atoms with Gasteiger partial charge in [0.25, 0.3) is 0 Å². The van der Waals surface area contributed by atoms with Gasteiger partial charge in [-0.15, -0.1) is 0 Å². The minimum atomic E-state index is -0.343. The number of benzene rings is 2. The highest BCUT2D eigenvalue weighted by molar-refractivity contribution is 6.05. The molecule has 0 saturated carbocycles. The lowest BCUT2D eigenvalue weighted by Gasteiger charge is -2.40. The maximum Gasteiger partial charge on any atom is 0.328 e. The van der Waals surface area contributed by atoms with Crippen molar-refractivity contribution in [1.29, 1.82) is 0 Å². The SMILES string of the molecule is CN1CCN([C@@H]2CCCN(c3nc4c(c(Nc5ccc(N6CCN(CC7CCN(c8ccc(N9CCC(=O)NC9=O)cc8)CC7)CC6)cc5)n3)CNC4)C2)C1=O. The third-order valence-electron chi connectivity index (χ3n) is 12.6. The largest absolute Gasteiger partial charge is 0.372 e. The number of piperidine rings is 2. The summed E-state index contributed by atoms with van der Waals surface area (Å²) < 4.78 is 0. The molecule has 0 radical (unpaired) electrons. The Morgan fingerprint density at radius 2 is 1.45 bits per heavy atom. The number of carbonyl (C=O) groups is 3. The summed E-state index contributed by atoms with van der Waals surface area (Å²) >= 11 is 0. The van der Waals surface area contributed by atoms with E-state index < -0.39 is 0 Å². The van der Waals surface area contributed by atoms with Crippen LogP contribution in [0.5, 0.6) is 0 Å². The fourth-order valence-corrected chi connectivity index (χ4v) is 9.27. The molecule has 7 heterocycles.